The molecule has 1 atom stereocenters. The number of ketones is 1. The number of aromatic amines is 1. The van der Waals surface area contributed by atoms with Crippen molar-refractivity contribution in [3.8, 4) is 16.9 Å². The van der Waals surface area contributed by atoms with E-state index in [0.717, 1.165) is 33.6 Å². The van der Waals surface area contributed by atoms with E-state index in [-0.39, 0.29) is 23.7 Å². The van der Waals surface area contributed by atoms with Crippen LogP contribution < -0.4 is 9.64 Å². The highest BCUT2D eigenvalue weighted by molar-refractivity contribution is 7.08. The standard InChI is InChI=1S/C28H27N3O3S/c1-17(32)15-34-22-8-6-5-7-21(22)25-23-24(29-30-26(23)28(2,3)4)27(33)31(25)20-11-9-18(10-12-20)19-13-14-35-16-19/h5-14,16,25H,15H2,1-4H3,(H,29,30). The van der Waals surface area contributed by atoms with Gasteiger partial charge < -0.3 is 4.74 Å². The number of nitrogens with zero attached hydrogens (tertiary/aromatic N) is 2. The molecule has 2 aromatic carbocycles. The van der Waals surface area contributed by atoms with Crippen molar-refractivity contribution >= 4 is 28.7 Å². The number of H-pyrrole nitrogens is 1. The van der Waals surface area contributed by atoms with E-state index in [1.54, 1.807) is 16.2 Å². The second-order valence-electron chi connectivity index (χ2n) is 9.78. The number of carbonyl (C=O) groups is 2. The van der Waals surface area contributed by atoms with Gasteiger partial charge in [0, 0.05) is 22.2 Å². The van der Waals surface area contributed by atoms with Crippen LogP contribution in [0, 0.1) is 0 Å². The number of thiophene rings is 1. The molecular formula is C28H27N3O3S. The Balaban J connectivity index is 1.65. The average Bonchev–Trinajstić information content (AvgIpc) is 3.56. The van der Waals surface area contributed by atoms with Crippen molar-refractivity contribution in [3.05, 3.63) is 87.9 Å². The molecule has 178 valence electrons. The Morgan fingerprint density at radius 3 is 2.49 bits per heavy atom. The van der Waals surface area contributed by atoms with Crippen molar-refractivity contribution in [1.82, 2.24) is 10.2 Å². The molecule has 35 heavy (non-hydrogen) atoms. The van der Waals surface area contributed by atoms with Crippen molar-refractivity contribution < 1.29 is 14.3 Å². The van der Waals surface area contributed by atoms with Gasteiger partial charge in [0.25, 0.3) is 5.91 Å². The Bertz CT molecular complexity index is 1380. The first-order valence-corrected chi connectivity index (χ1v) is 12.5. The molecule has 0 aliphatic carbocycles. The molecule has 1 aliphatic rings. The molecule has 3 heterocycles. The number of aromatic nitrogens is 2. The molecule has 0 spiro atoms. The molecule has 0 saturated heterocycles. The quantitative estimate of drug-likeness (QED) is 0.355. The highest BCUT2D eigenvalue weighted by atomic mass is 32.1. The van der Waals surface area contributed by atoms with Gasteiger partial charge in [0.15, 0.2) is 5.78 Å². The first-order chi connectivity index (χ1) is 16.8. The third-order valence-electron chi connectivity index (χ3n) is 6.12. The summed E-state index contributed by atoms with van der Waals surface area (Å²) in [5.74, 6) is 0.370. The summed E-state index contributed by atoms with van der Waals surface area (Å²) in [6.07, 6.45) is 0. The van der Waals surface area contributed by atoms with Crippen LogP contribution in [0.15, 0.2) is 65.4 Å². The number of Topliss-reactive ketones (excluding diaryl/α,β-unsaturated/α-hetero) is 1. The second kappa shape index (κ2) is 8.82. The topological polar surface area (TPSA) is 75.3 Å². The number of benzene rings is 2. The zero-order valence-corrected chi connectivity index (χ0v) is 21.0. The van der Waals surface area contributed by atoms with Crippen LogP contribution in [-0.4, -0.2) is 28.5 Å². The Kier molecular flexibility index (Phi) is 5.81. The van der Waals surface area contributed by atoms with Crippen molar-refractivity contribution in [1.29, 1.82) is 0 Å². The zero-order chi connectivity index (χ0) is 24.7. The maximum absolute atomic E-state index is 13.8. The number of carbonyl (C=O) groups excluding carboxylic acids is 2. The van der Waals surface area contributed by atoms with Crippen molar-refractivity contribution in [3.63, 3.8) is 0 Å². The van der Waals surface area contributed by atoms with Gasteiger partial charge in [-0.1, -0.05) is 51.1 Å². The summed E-state index contributed by atoms with van der Waals surface area (Å²) in [6, 6.07) is 17.3. The molecule has 0 bridgehead atoms. The van der Waals surface area contributed by atoms with Crippen molar-refractivity contribution in [2.75, 3.05) is 11.5 Å². The first-order valence-electron chi connectivity index (χ1n) is 11.5. The molecule has 0 fully saturated rings. The molecule has 6 nitrogen and oxygen atoms in total. The van der Waals surface area contributed by atoms with Gasteiger partial charge in [0.2, 0.25) is 0 Å². The van der Waals surface area contributed by atoms with E-state index < -0.39 is 6.04 Å². The maximum atomic E-state index is 13.8. The van der Waals surface area contributed by atoms with Gasteiger partial charge in [-0.25, -0.2) is 0 Å². The van der Waals surface area contributed by atoms with Crippen LogP contribution in [0.4, 0.5) is 5.69 Å². The fourth-order valence-electron chi connectivity index (χ4n) is 4.54. The minimum atomic E-state index is -0.444. The van der Waals surface area contributed by atoms with Crippen LogP contribution in [0.3, 0.4) is 0 Å². The third-order valence-corrected chi connectivity index (χ3v) is 6.81. The highest BCUT2D eigenvalue weighted by Gasteiger charge is 2.45. The van der Waals surface area contributed by atoms with Gasteiger partial charge in [-0.05, 0) is 53.1 Å². The van der Waals surface area contributed by atoms with E-state index in [1.165, 1.54) is 6.92 Å². The van der Waals surface area contributed by atoms with E-state index in [2.05, 4.69) is 47.8 Å². The summed E-state index contributed by atoms with van der Waals surface area (Å²) in [6.45, 7) is 7.72. The van der Waals surface area contributed by atoms with Crippen LogP contribution in [0.1, 0.15) is 61.0 Å². The number of hydrogen-bond donors (Lipinski definition) is 1. The Labute approximate surface area is 208 Å². The monoisotopic (exact) mass is 485 g/mol. The summed E-state index contributed by atoms with van der Waals surface area (Å²) < 4.78 is 5.90. The molecule has 4 aromatic rings. The van der Waals surface area contributed by atoms with Crippen LogP contribution in [0.5, 0.6) is 5.75 Å². The van der Waals surface area contributed by atoms with Gasteiger partial charge >= 0.3 is 0 Å². The fourth-order valence-corrected chi connectivity index (χ4v) is 5.20. The number of fused-ring (bicyclic) bond motifs is 1. The molecule has 2 aromatic heterocycles. The molecule has 7 heteroatoms. The molecule has 0 radical (unpaired) electrons. The summed E-state index contributed by atoms with van der Waals surface area (Å²) in [5, 5.41) is 11.7. The van der Waals surface area contributed by atoms with E-state index in [1.807, 2.05) is 48.5 Å². The van der Waals surface area contributed by atoms with Gasteiger partial charge in [-0.2, -0.15) is 16.4 Å². The molecule has 0 saturated carbocycles. The second-order valence-corrected chi connectivity index (χ2v) is 10.6. The summed E-state index contributed by atoms with van der Waals surface area (Å²) in [7, 11) is 0. The van der Waals surface area contributed by atoms with E-state index in [9.17, 15) is 9.59 Å². The van der Waals surface area contributed by atoms with Crippen LogP contribution >= 0.6 is 11.3 Å². The highest BCUT2D eigenvalue weighted by Crippen LogP contribution is 2.47. The predicted molar refractivity (Wildman–Crippen MR) is 138 cm³/mol. The van der Waals surface area contributed by atoms with Gasteiger partial charge in [-0.15, -0.1) is 0 Å². The maximum Gasteiger partial charge on any atom is 0.277 e. The number of rotatable bonds is 6. The SMILES string of the molecule is CC(=O)COc1ccccc1C1c2c(C(C)(C)C)n[nH]c2C(=O)N1c1ccc(-c2ccsc2)cc1. The van der Waals surface area contributed by atoms with Crippen LogP contribution in [0.25, 0.3) is 11.1 Å². The van der Waals surface area contributed by atoms with Gasteiger partial charge in [-0.3, -0.25) is 19.6 Å². The fraction of sp³-hybridized carbons (Fsp3) is 0.250. The number of anilines is 1. The molecule has 1 unspecified atom stereocenters. The number of hydrogen-bond acceptors (Lipinski definition) is 5. The minimum absolute atomic E-state index is 0.0304. The number of ether oxygens (including phenoxy) is 1. The zero-order valence-electron chi connectivity index (χ0n) is 20.2. The largest absolute Gasteiger partial charge is 0.485 e. The molecule has 1 amide bonds. The lowest BCUT2D eigenvalue weighted by Gasteiger charge is -2.29. The predicted octanol–water partition coefficient (Wildman–Crippen LogP) is 6.15. The summed E-state index contributed by atoms with van der Waals surface area (Å²) >= 11 is 1.65. The third kappa shape index (κ3) is 4.17. The Morgan fingerprint density at radius 2 is 1.83 bits per heavy atom. The number of amides is 1. The lowest BCUT2D eigenvalue weighted by atomic mass is 9.85. The van der Waals surface area contributed by atoms with E-state index in [0.29, 0.717) is 11.4 Å². The van der Waals surface area contributed by atoms with Crippen molar-refractivity contribution in [2.45, 2.75) is 39.2 Å². The minimum Gasteiger partial charge on any atom is -0.485 e. The Hall–Kier alpha value is -3.71. The summed E-state index contributed by atoms with van der Waals surface area (Å²) in [4.78, 5) is 27.2. The Morgan fingerprint density at radius 1 is 1.09 bits per heavy atom. The van der Waals surface area contributed by atoms with Crippen molar-refractivity contribution in [2.24, 2.45) is 0 Å². The van der Waals surface area contributed by atoms with E-state index >= 15 is 0 Å². The first kappa shape index (κ1) is 23.1. The average molecular weight is 486 g/mol. The normalized spacial score (nSPS) is 15.4. The van der Waals surface area contributed by atoms with Gasteiger partial charge in [0.1, 0.15) is 18.1 Å². The summed E-state index contributed by atoms with van der Waals surface area (Å²) in [5.41, 5.74) is 5.74. The van der Waals surface area contributed by atoms with Gasteiger partial charge in [0.05, 0.1) is 11.7 Å². The lowest BCUT2D eigenvalue weighted by Crippen LogP contribution is -2.30. The van der Waals surface area contributed by atoms with Crippen LogP contribution in [-0.2, 0) is 10.2 Å². The smallest absolute Gasteiger partial charge is 0.277 e. The molecule has 1 N–H and O–H groups in total. The molecule has 5 rings (SSSR count). The van der Waals surface area contributed by atoms with Crippen LogP contribution in [0.2, 0.25) is 0 Å². The number of para-hydroxylation sites is 1. The molecular weight excluding hydrogens is 458 g/mol. The van der Waals surface area contributed by atoms with E-state index in [4.69, 9.17) is 4.74 Å². The number of nitrogens with one attached hydrogen (secondary N) is 1. The molecule has 1 aliphatic heterocycles. The lowest BCUT2D eigenvalue weighted by molar-refractivity contribution is -0.118.